The lowest BCUT2D eigenvalue weighted by Crippen LogP contribution is -1.85. The number of hydrogen-bond acceptors (Lipinski definition) is 3. The van der Waals surface area contributed by atoms with Crippen molar-refractivity contribution < 1.29 is 4.39 Å². The lowest BCUT2D eigenvalue weighted by Gasteiger charge is -2.02. The highest BCUT2D eigenvalue weighted by Gasteiger charge is 2.14. The third kappa shape index (κ3) is 3.97. The minimum atomic E-state index is -0.306. The van der Waals surface area contributed by atoms with Crippen LogP contribution in [0.3, 0.4) is 0 Å². The average Bonchev–Trinajstić information content (AvgIpc) is 3.13. The number of aromatic nitrogens is 1. The molecule has 0 radical (unpaired) electrons. The van der Waals surface area contributed by atoms with E-state index in [0.29, 0.717) is 15.7 Å². The van der Waals surface area contributed by atoms with E-state index < -0.39 is 0 Å². The van der Waals surface area contributed by atoms with E-state index in [2.05, 4.69) is 9.98 Å². The van der Waals surface area contributed by atoms with Gasteiger partial charge in [0.05, 0.1) is 10.6 Å². The second kappa shape index (κ2) is 7.82. The lowest BCUT2D eigenvalue weighted by molar-refractivity contribution is 0.626. The number of aliphatic imine (C=N–C) groups is 1. The van der Waals surface area contributed by atoms with Crippen molar-refractivity contribution in [2.75, 3.05) is 0 Å². The van der Waals surface area contributed by atoms with E-state index >= 15 is 0 Å². The van der Waals surface area contributed by atoms with Gasteiger partial charge in [-0.1, -0.05) is 83.6 Å². The Balaban J connectivity index is 1.78. The zero-order chi connectivity index (χ0) is 18.6. The highest BCUT2D eigenvalue weighted by atomic mass is 35.5. The predicted octanol–water partition coefficient (Wildman–Crippen LogP) is 7.02. The molecule has 0 atom stereocenters. The fourth-order valence-electron chi connectivity index (χ4n) is 2.66. The summed E-state index contributed by atoms with van der Waals surface area (Å²) in [7, 11) is 0. The molecule has 0 aliphatic rings. The number of nitrogens with zero attached hydrogens (tertiary/aromatic N) is 2. The van der Waals surface area contributed by atoms with Gasteiger partial charge in [0.25, 0.3) is 0 Å². The molecule has 0 bridgehead atoms. The fourth-order valence-corrected chi connectivity index (χ4v) is 3.72. The van der Waals surface area contributed by atoms with E-state index in [4.69, 9.17) is 11.6 Å². The molecule has 27 heavy (non-hydrogen) atoms. The van der Waals surface area contributed by atoms with E-state index in [1.165, 1.54) is 23.6 Å². The van der Waals surface area contributed by atoms with Crippen molar-refractivity contribution in [3.8, 4) is 21.7 Å². The van der Waals surface area contributed by atoms with Crippen molar-refractivity contribution in [3.05, 3.63) is 95.3 Å². The molecule has 0 saturated carbocycles. The van der Waals surface area contributed by atoms with Crippen molar-refractivity contribution in [2.45, 2.75) is 0 Å². The third-order valence-corrected chi connectivity index (χ3v) is 5.25. The fraction of sp³-hybridized carbons (Fsp3) is 0. The molecule has 0 fully saturated rings. The summed E-state index contributed by atoms with van der Waals surface area (Å²) in [6.45, 7) is 0. The van der Waals surface area contributed by atoms with Crippen molar-refractivity contribution in [1.82, 2.24) is 4.98 Å². The van der Waals surface area contributed by atoms with Gasteiger partial charge in [-0.05, 0) is 23.8 Å². The van der Waals surface area contributed by atoms with Crippen LogP contribution in [-0.2, 0) is 0 Å². The Labute approximate surface area is 165 Å². The molecule has 132 valence electrons. The lowest BCUT2D eigenvalue weighted by atomic mass is 10.1. The van der Waals surface area contributed by atoms with E-state index in [1.54, 1.807) is 18.2 Å². The molecule has 4 aromatic rings. The molecule has 0 spiro atoms. The molecule has 2 nitrogen and oxygen atoms in total. The Bertz CT molecular complexity index is 1090. The van der Waals surface area contributed by atoms with Crippen molar-refractivity contribution in [1.29, 1.82) is 0 Å². The Morgan fingerprint density at radius 2 is 1.56 bits per heavy atom. The first-order chi connectivity index (χ1) is 13.2. The summed E-state index contributed by atoms with van der Waals surface area (Å²) in [5.74, 6) is -0.306. The van der Waals surface area contributed by atoms with E-state index in [-0.39, 0.29) is 5.82 Å². The van der Waals surface area contributed by atoms with Crippen molar-refractivity contribution in [3.63, 3.8) is 0 Å². The maximum atomic E-state index is 13.8. The largest absolute Gasteiger partial charge is 0.227 e. The van der Waals surface area contributed by atoms with Gasteiger partial charge >= 0.3 is 0 Å². The minimum absolute atomic E-state index is 0.306. The molecule has 0 N–H and O–H groups in total. The predicted molar refractivity (Wildman–Crippen MR) is 112 cm³/mol. The van der Waals surface area contributed by atoms with Crippen LogP contribution in [0.1, 0.15) is 5.56 Å². The van der Waals surface area contributed by atoms with Crippen molar-refractivity contribution in [2.24, 2.45) is 4.99 Å². The number of thiazole rings is 1. The first-order valence-electron chi connectivity index (χ1n) is 8.31. The Morgan fingerprint density at radius 3 is 2.30 bits per heavy atom. The SMILES string of the molecule is Fc1ccccc1C=Nc1nc(-c2ccc(Cl)cc2)c(-c2ccccc2)s1. The second-order valence-electron chi connectivity index (χ2n) is 5.83. The molecule has 1 heterocycles. The van der Waals surface area contributed by atoms with Gasteiger partial charge in [-0.25, -0.2) is 14.4 Å². The molecule has 0 saturated heterocycles. The van der Waals surface area contributed by atoms with Gasteiger partial charge < -0.3 is 0 Å². The number of hydrogen-bond donors (Lipinski definition) is 0. The van der Waals surface area contributed by atoms with Gasteiger partial charge in [-0.15, -0.1) is 0 Å². The summed E-state index contributed by atoms with van der Waals surface area (Å²) in [4.78, 5) is 10.1. The zero-order valence-corrected chi connectivity index (χ0v) is 15.7. The normalized spacial score (nSPS) is 11.2. The quantitative estimate of drug-likeness (QED) is 0.342. The monoisotopic (exact) mass is 392 g/mol. The smallest absolute Gasteiger partial charge is 0.210 e. The van der Waals surface area contributed by atoms with Crippen molar-refractivity contribution >= 4 is 34.3 Å². The van der Waals surface area contributed by atoms with E-state index in [0.717, 1.165) is 21.7 Å². The topological polar surface area (TPSA) is 25.2 Å². The van der Waals surface area contributed by atoms with Crippen LogP contribution >= 0.6 is 22.9 Å². The molecule has 0 aliphatic heterocycles. The van der Waals surface area contributed by atoms with Crippen LogP contribution in [0.25, 0.3) is 21.7 Å². The highest BCUT2D eigenvalue weighted by molar-refractivity contribution is 7.19. The first-order valence-corrected chi connectivity index (χ1v) is 9.51. The highest BCUT2D eigenvalue weighted by Crippen LogP contribution is 2.40. The van der Waals surface area contributed by atoms with Gasteiger partial charge in [0.1, 0.15) is 5.82 Å². The minimum Gasteiger partial charge on any atom is -0.227 e. The molecular formula is C22H14ClFN2S. The summed E-state index contributed by atoms with van der Waals surface area (Å²) in [5.41, 5.74) is 3.29. The van der Waals surface area contributed by atoms with Gasteiger partial charge in [-0.3, -0.25) is 0 Å². The van der Waals surface area contributed by atoms with E-state index in [9.17, 15) is 4.39 Å². The Morgan fingerprint density at radius 1 is 0.852 bits per heavy atom. The number of halogens is 2. The summed E-state index contributed by atoms with van der Waals surface area (Å²) in [6, 6.07) is 24.1. The molecule has 3 aromatic carbocycles. The van der Waals surface area contributed by atoms with Crippen LogP contribution in [0.5, 0.6) is 0 Å². The van der Waals surface area contributed by atoms with Crippen LogP contribution < -0.4 is 0 Å². The Kier molecular flexibility index (Phi) is 5.10. The van der Waals surface area contributed by atoms with Gasteiger partial charge in [0.15, 0.2) is 0 Å². The van der Waals surface area contributed by atoms with E-state index in [1.807, 2.05) is 54.6 Å². The van der Waals surface area contributed by atoms with Crippen LogP contribution in [0, 0.1) is 5.82 Å². The molecule has 5 heteroatoms. The van der Waals surface area contributed by atoms with Gasteiger partial charge in [0.2, 0.25) is 5.13 Å². The summed E-state index contributed by atoms with van der Waals surface area (Å²) in [5, 5.41) is 1.25. The molecule has 1 aromatic heterocycles. The van der Waals surface area contributed by atoms with Gasteiger partial charge in [-0.2, -0.15) is 0 Å². The maximum Gasteiger partial charge on any atom is 0.210 e. The second-order valence-corrected chi connectivity index (χ2v) is 7.24. The maximum absolute atomic E-state index is 13.8. The molecular weight excluding hydrogens is 379 g/mol. The molecule has 0 amide bonds. The summed E-state index contributed by atoms with van der Waals surface area (Å²) < 4.78 is 13.8. The first kappa shape index (κ1) is 17.6. The number of rotatable bonds is 4. The molecule has 0 unspecified atom stereocenters. The molecule has 0 aliphatic carbocycles. The third-order valence-electron chi connectivity index (χ3n) is 3.99. The Hall–Kier alpha value is -2.82. The standard InChI is InChI=1S/C22H14ClFN2S/c23-18-12-10-15(11-13-18)20-21(16-6-2-1-3-7-16)27-22(26-20)25-14-17-8-4-5-9-19(17)24/h1-14H. The van der Waals surface area contributed by atoms with Crippen LogP contribution in [0.2, 0.25) is 5.02 Å². The van der Waals surface area contributed by atoms with Crippen LogP contribution in [-0.4, -0.2) is 11.2 Å². The van der Waals surface area contributed by atoms with Crippen LogP contribution in [0.15, 0.2) is 83.9 Å². The summed E-state index contributed by atoms with van der Waals surface area (Å²) >= 11 is 7.49. The average molecular weight is 393 g/mol. The summed E-state index contributed by atoms with van der Waals surface area (Å²) in [6.07, 6.45) is 1.51. The number of benzene rings is 3. The van der Waals surface area contributed by atoms with Gasteiger partial charge in [0, 0.05) is 22.4 Å². The zero-order valence-electron chi connectivity index (χ0n) is 14.1. The van der Waals surface area contributed by atoms with Crippen LogP contribution in [0.4, 0.5) is 9.52 Å². The molecule has 4 rings (SSSR count).